The molecule has 0 bridgehead atoms. The minimum Gasteiger partial charge on any atom is -0.480 e. The van der Waals surface area contributed by atoms with Crippen molar-refractivity contribution in [1.29, 1.82) is 0 Å². The Kier molecular flexibility index (Phi) is 2.99. The highest BCUT2D eigenvalue weighted by Crippen LogP contribution is 2.34. The Hall–Kier alpha value is -0.530. The summed E-state index contributed by atoms with van der Waals surface area (Å²) >= 11 is 1.50. The van der Waals surface area contributed by atoms with E-state index in [1.807, 2.05) is 0 Å². The van der Waals surface area contributed by atoms with Crippen molar-refractivity contribution in [3.63, 3.8) is 0 Å². The number of halogens is 3. The third-order valence-electron chi connectivity index (χ3n) is 1.70. The van der Waals surface area contributed by atoms with Crippen molar-refractivity contribution in [2.45, 2.75) is 9.85 Å². The maximum Gasteiger partial charge on any atom is 0.325 e. The maximum absolute atomic E-state index is 12.4. The van der Waals surface area contributed by atoms with Gasteiger partial charge < -0.3 is 5.11 Å². The quantitative estimate of drug-likeness (QED) is 0.621. The lowest BCUT2D eigenvalue weighted by Crippen LogP contribution is -2.41. The summed E-state index contributed by atoms with van der Waals surface area (Å²) in [6, 6.07) is 0. The topological polar surface area (TPSA) is 49.7 Å². The molecule has 1 heterocycles. The summed E-state index contributed by atoms with van der Waals surface area (Å²) in [5.74, 6) is -1.28. The SMILES string of the molecule is O=C(O)C1(I)CN=CC=C1C(F)F. The fraction of sp³-hybridized carbons (Fsp3) is 0.429. The minimum atomic E-state index is -2.75. The summed E-state index contributed by atoms with van der Waals surface area (Å²) in [6.45, 7) is -0.140. The molecule has 1 N–H and O–H groups in total. The zero-order chi connectivity index (χ0) is 10.1. The standard InChI is InChI=1S/C7H6F2INO2/c8-5(9)4-1-2-11-3-7(4,10)6(12)13/h1-2,5H,3H2,(H,12,13). The minimum absolute atomic E-state index is 0.140. The molecule has 1 aliphatic heterocycles. The molecule has 1 unspecified atom stereocenters. The molecule has 1 rings (SSSR count). The molecule has 0 radical (unpaired) electrons. The average Bonchev–Trinajstić information content (AvgIpc) is 2.04. The monoisotopic (exact) mass is 301 g/mol. The molecule has 0 aliphatic carbocycles. The zero-order valence-electron chi connectivity index (χ0n) is 6.38. The van der Waals surface area contributed by atoms with Gasteiger partial charge in [-0.1, -0.05) is 22.6 Å². The Morgan fingerprint density at radius 3 is 2.77 bits per heavy atom. The molecule has 0 fully saturated rings. The maximum atomic E-state index is 12.4. The summed E-state index contributed by atoms with van der Waals surface area (Å²) in [7, 11) is 0. The number of carboxylic acids is 1. The second-order valence-electron chi connectivity index (χ2n) is 2.52. The van der Waals surface area contributed by atoms with Crippen LogP contribution in [0.25, 0.3) is 0 Å². The van der Waals surface area contributed by atoms with Crippen molar-refractivity contribution in [2.24, 2.45) is 4.99 Å². The number of nitrogens with zero attached hydrogens (tertiary/aromatic N) is 1. The van der Waals surface area contributed by atoms with Crippen LogP contribution in [0.4, 0.5) is 8.78 Å². The molecular formula is C7H6F2INO2. The third kappa shape index (κ3) is 1.87. The molecule has 0 aromatic rings. The second kappa shape index (κ2) is 3.69. The normalized spacial score (nSPS) is 27.5. The largest absolute Gasteiger partial charge is 0.480 e. The van der Waals surface area contributed by atoms with Crippen molar-refractivity contribution in [3.8, 4) is 0 Å². The Labute approximate surface area is 86.7 Å². The molecule has 6 heteroatoms. The third-order valence-corrected chi connectivity index (χ3v) is 3.13. The lowest BCUT2D eigenvalue weighted by molar-refractivity contribution is -0.138. The molecule has 72 valence electrons. The molecule has 13 heavy (non-hydrogen) atoms. The van der Waals surface area contributed by atoms with E-state index in [0.717, 1.165) is 6.08 Å². The Bertz CT molecular complexity index is 290. The van der Waals surface area contributed by atoms with E-state index in [-0.39, 0.29) is 6.54 Å². The van der Waals surface area contributed by atoms with E-state index in [4.69, 9.17) is 5.11 Å². The molecule has 0 spiro atoms. The predicted octanol–water partition coefficient (Wildman–Crippen LogP) is 1.52. The van der Waals surface area contributed by atoms with E-state index in [2.05, 4.69) is 4.99 Å². The van der Waals surface area contributed by atoms with Crippen LogP contribution in [-0.2, 0) is 4.79 Å². The fourth-order valence-corrected chi connectivity index (χ4v) is 1.58. The molecule has 0 aromatic heterocycles. The van der Waals surface area contributed by atoms with Gasteiger partial charge in [-0.15, -0.1) is 0 Å². The Morgan fingerprint density at radius 1 is 1.77 bits per heavy atom. The molecule has 1 aliphatic rings. The van der Waals surface area contributed by atoms with Gasteiger partial charge >= 0.3 is 5.97 Å². The predicted molar refractivity (Wildman–Crippen MR) is 51.8 cm³/mol. The smallest absolute Gasteiger partial charge is 0.325 e. The van der Waals surface area contributed by atoms with Crippen molar-refractivity contribution in [3.05, 3.63) is 11.6 Å². The van der Waals surface area contributed by atoms with Crippen LogP contribution >= 0.6 is 22.6 Å². The van der Waals surface area contributed by atoms with E-state index >= 15 is 0 Å². The number of carbonyl (C=O) groups is 1. The summed E-state index contributed by atoms with van der Waals surface area (Å²) < 4.78 is 23.2. The van der Waals surface area contributed by atoms with Crippen LogP contribution in [0.15, 0.2) is 16.6 Å². The van der Waals surface area contributed by atoms with Gasteiger partial charge in [0.15, 0.2) is 3.42 Å². The Balaban J connectivity index is 3.06. The van der Waals surface area contributed by atoms with Gasteiger partial charge in [-0.25, -0.2) is 8.78 Å². The number of dihydropyridines is 1. The number of alkyl halides is 3. The van der Waals surface area contributed by atoms with Crippen LogP contribution in [0, 0.1) is 0 Å². The molecule has 3 nitrogen and oxygen atoms in total. The van der Waals surface area contributed by atoms with Gasteiger partial charge in [0, 0.05) is 11.8 Å². The highest BCUT2D eigenvalue weighted by molar-refractivity contribution is 14.1. The number of aliphatic imine (C=N–C) groups is 1. The number of hydrogen-bond acceptors (Lipinski definition) is 2. The van der Waals surface area contributed by atoms with Gasteiger partial charge in [-0.05, 0) is 6.08 Å². The highest BCUT2D eigenvalue weighted by atomic mass is 127. The summed E-state index contributed by atoms with van der Waals surface area (Å²) in [6.07, 6.45) is -0.476. The lowest BCUT2D eigenvalue weighted by Gasteiger charge is -2.25. The fourth-order valence-electron chi connectivity index (χ4n) is 0.972. The van der Waals surface area contributed by atoms with Gasteiger partial charge in [-0.2, -0.15) is 0 Å². The number of carboxylic acid groups (broad SMARTS) is 1. The van der Waals surface area contributed by atoms with Crippen molar-refractivity contribution in [2.75, 3.05) is 6.54 Å². The number of allylic oxidation sites excluding steroid dienone is 1. The van der Waals surface area contributed by atoms with Crippen molar-refractivity contribution >= 4 is 34.8 Å². The van der Waals surface area contributed by atoms with Crippen molar-refractivity contribution < 1.29 is 18.7 Å². The second-order valence-corrected chi connectivity index (χ2v) is 4.36. The van der Waals surface area contributed by atoms with Crippen LogP contribution in [-0.4, -0.2) is 33.7 Å². The van der Waals surface area contributed by atoms with E-state index in [1.165, 1.54) is 28.8 Å². The molecule has 0 saturated heterocycles. The molecule has 0 aromatic carbocycles. The van der Waals surface area contributed by atoms with Crippen LogP contribution in [0.2, 0.25) is 0 Å². The first kappa shape index (κ1) is 10.6. The van der Waals surface area contributed by atoms with Crippen LogP contribution < -0.4 is 0 Å². The summed E-state index contributed by atoms with van der Waals surface area (Å²) in [5.41, 5.74) is -0.393. The summed E-state index contributed by atoms with van der Waals surface area (Å²) in [4.78, 5) is 14.4. The lowest BCUT2D eigenvalue weighted by atomic mass is 9.97. The van der Waals surface area contributed by atoms with Gasteiger partial charge in [0.25, 0.3) is 6.43 Å². The highest BCUT2D eigenvalue weighted by Gasteiger charge is 2.44. The first-order valence-electron chi connectivity index (χ1n) is 3.39. The van der Waals surface area contributed by atoms with Gasteiger partial charge in [-0.3, -0.25) is 9.79 Å². The molecular weight excluding hydrogens is 295 g/mol. The van der Waals surface area contributed by atoms with Crippen LogP contribution in [0.5, 0.6) is 0 Å². The number of hydrogen-bond donors (Lipinski definition) is 1. The van der Waals surface area contributed by atoms with E-state index in [0.29, 0.717) is 0 Å². The molecule has 0 amide bonds. The first-order chi connectivity index (χ1) is 5.98. The van der Waals surface area contributed by atoms with Crippen LogP contribution in [0.3, 0.4) is 0 Å². The van der Waals surface area contributed by atoms with Crippen molar-refractivity contribution in [1.82, 2.24) is 0 Å². The number of aliphatic carboxylic acids is 1. The number of rotatable bonds is 2. The van der Waals surface area contributed by atoms with Crippen LogP contribution in [0.1, 0.15) is 0 Å². The zero-order valence-corrected chi connectivity index (χ0v) is 8.53. The molecule has 0 saturated carbocycles. The Morgan fingerprint density at radius 2 is 2.38 bits per heavy atom. The van der Waals surface area contributed by atoms with Gasteiger partial charge in [0.2, 0.25) is 0 Å². The van der Waals surface area contributed by atoms with E-state index in [9.17, 15) is 13.6 Å². The summed E-state index contributed by atoms with van der Waals surface area (Å²) in [5, 5.41) is 8.76. The first-order valence-corrected chi connectivity index (χ1v) is 4.47. The molecule has 1 atom stereocenters. The van der Waals surface area contributed by atoms with E-state index in [1.54, 1.807) is 0 Å². The van der Waals surface area contributed by atoms with E-state index < -0.39 is 21.4 Å². The average molecular weight is 301 g/mol. The van der Waals surface area contributed by atoms with Gasteiger partial charge in [0.05, 0.1) is 6.54 Å². The van der Waals surface area contributed by atoms with Gasteiger partial charge in [0.1, 0.15) is 0 Å².